The molecule has 0 saturated carbocycles. The van der Waals surface area contributed by atoms with Crippen LogP contribution in [0.3, 0.4) is 0 Å². The first kappa shape index (κ1) is 9.76. The maximum Gasteiger partial charge on any atom is 0.201 e. The summed E-state index contributed by atoms with van der Waals surface area (Å²) in [6.45, 7) is 1.94. The Bertz CT molecular complexity index is 579. The van der Waals surface area contributed by atoms with Gasteiger partial charge in [-0.15, -0.1) is 10.2 Å². The number of tetrazole rings is 1. The quantitative estimate of drug-likeness (QED) is 0.628. The molecule has 17 heavy (non-hydrogen) atoms. The second kappa shape index (κ2) is 3.85. The number of benzene rings is 1. The van der Waals surface area contributed by atoms with Gasteiger partial charge >= 0.3 is 0 Å². The van der Waals surface area contributed by atoms with E-state index in [-0.39, 0.29) is 6.04 Å². The Hall–Kier alpha value is -2.44. The van der Waals surface area contributed by atoms with Crippen LogP contribution in [0.2, 0.25) is 0 Å². The smallest absolute Gasteiger partial charge is 0.201 e. The van der Waals surface area contributed by atoms with E-state index in [9.17, 15) is 0 Å². The zero-order chi connectivity index (χ0) is 11.7. The molecule has 3 aromatic rings. The highest BCUT2D eigenvalue weighted by molar-refractivity contribution is 5.77. The normalized spacial score (nSPS) is 12.8. The van der Waals surface area contributed by atoms with Crippen LogP contribution in [0, 0.1) is 0 Å². The zero-order valence-corrected chi connectivity index (χ0v) is 9.18. The van der Waals surface area contributed by atoms with Crippen LogP contribution >= 0.6 is 0 Å². The Labute approximate surface area is 96.7 Å². The lowest BCUT2D eigenvalue weighted by atomic mass is 10.3. The molecule has 2 aromatic heterocycles. The minimum absolute atomic E-state index is 0.0608. The highest BCUT2D eigenvalue weighted by Gasteiger charge is 2.11. The van der Waals surface area contributed by atoms with Gasteiger partial charge in [0.25, 0.3) is 0 Å². The molecule has 0 aliphatic rings. The molecule has 7 nitrogen and oxygen atoms in total. The number of aromatic nitrogens is 6. The average molecular weight is 229 g/mol. The van der Waals surface area contributed by atoms with Crippen molar-refractivity contribution in [3.63, 3.8) is 0 Å². The van der Waals surface area contributed by atoms with Gasteiger partial charge < -0.3 is 10.3 Å². The molecule has 0 saturated heterocycles. The van der Waals surface area contributed by atoms with Crippen LogP contribution in [-0.2, 0) is 0 Å². The van der Waals surface area contributed by atoms with E-state index in [1.165, 1.54) is 0 Å². The molecule has 0 bridgehead atoms. The molecule has 86 valence electrons. The minimum Gasteiger partial charge on any atom is -0.346 e. The molecule has 1 unspecified atom stereocenters. The molecule has 7 heteroatoms. The number of nitrogens with zero attached hydrogens (tertiary/aromatic N) is 4. The maximum atomic E-state index is 4.41. The molecule has 1 atom stereocenters. The third-order valence-electron chi connectivity index (χ3n) is 2.49. The second-order valence-electron chi connectivity index (χ2n) is 3.74. The van der Waals surface area contributed by atoms with Crippen LogP contribution < -0.4 is 5.32 Å². The van der Waals surface area contributed by atoms with Crippen LogP contribution in [0.4, 0.5) is 5.95 Å². The molecule has 3 rings (SSSR count). The van der Waals surface area contributed by atoms with E-state index in [0.29, 0.717) is 11.8 Å². The highest BCUT2D eigenvalue weighted by atomic mass is 15.5. The number of hydrogen-bond acceptors (Lipinski definition) is 5. The Balaban J connectivity index is 1.85. The van der Waals surface area contributed by atoms with Crippen molar-refractivity contribution in [1.29, 1.82) is 0 Å². The summed E-state index contributed by atoms with van der Waals surface area (Å²) >= 11 is 0. The summed E-state index contributed by atoms with van der Waals surface area (Å²) in [5.41, 5.74) is 1.92. The first-order chi connectivity index (χ1) is 8.33. The van der Waals surface area contributed by atoms with E-state index < -0.39 is 0 Å². The summed E-state index contributed by atoms with van der Waals surface area (Å²) in [4.78, 5) is 7.59. The Morgan fingerprint density at radius 2 is 2.18 bits per heavy atom. The molecule has 0 radical (unpaired) electrons. The van der Waals surface area contributed by atoms with E-state index >= 15 is 0 Å². The van der Waals surface area contributed by atoms with Gasteiger partial charge in [0, 0.05) is 0 Å². The number of para-hydroxylation sites is 2. The number of nitrogens with one attached hydrogen (secondary N) is 3. The number of fused-ring (bicyclic) bond motifs is 1. The van der Waals surface area contributed by atoms with Crippen molar-refractivity contribution in [1.82, 2.24) is 30.6 Å². The fourth-order valence-electron chi connectivity index (χ4n) is 1.64. The van der Waals surface area contributed by atoms with Gasteiger partial charge in [-0.2, -0.15) is 5.21 Å². The number of hydrogen-bond donors (Lipinski definition) is 3. The van der Waals surface area contributed by atoms with E-state index in [1.807, 2.05) is 31.2 Å². The largest absolute Gasteiger partial charge is 0.346 e. The van der Waals surface area contributed by atoms with Gasteiger partial charge in [-0.05, 0) is 19.1 Å². The highest BCUT2D eigenvalue weighted by Crippen LogP contribution is 2.17. The van der Waals surface area contributed by atoms with Crippen molar-refractivity contribution in [2.75, 3.05) is 5.32 Å². The molecule has 0 fully saturated rings. The summed E-state index contributed by atoms with van der Waals surface area (Å²) in [5.74, 6) is 1.30. The zero-order valence-electron chi connectivity index (χ0n) is 9.18. The van der Waals surface area contributed by atoms with Crippen molar-refractivity contribution in [2.45, 2.75) is 13.0 Å². The summed E-state index contributed by atoms with van der Waals surface area (Å²) in [7, 11) is 0. The first-order valence-electron chi connectivity index (χ1n) is 5.27. The monoisotopic (exact) mass is 229 g/mol. The number of rotatable bonds is 3. The van der Waals surface area contributed by atoms with Gasteiger partial charge in [-0.1, -0.05) is 17.3 Å². The third-order valence-corrected chi connectivity index (χ3v) is 2.49. The summed E-state index contributed by atoms with van der Waals surface area (Å²) < 4.78 is 0. The Morgan fingerprint density at radius 3 is 2.94 bits per heavy atom. The lowest BCUT2D eigenvalue weighted by Crippen LogP contribution is -2.09. The van der Waals surface area contributed by atoms with Crippen molar-refractivity contribution < 1.29 is 0 Å². The van der Waals surface area contributed by atoms with Crippen molar-refractivity contribution in [3.8, 4) is 0 Å². The SMILES string of the molecule is CC(Nc1nc2ccccc2[nH]1)c1nn[nH]n1. The lowest BCUT2D eigenvalue weighted by Gasteiger charge is -2.07. The summed E-state index contributed by atoms with van der Waals surface area (Å²) in [6, 6.07) is 7.79. The van der Waals surface area contributed by atoms with Gasteiger partial charge in [0.05, 0.1) is 17.1 Å². The lowest BCUT2D eigenvalue weighted by molar-refractivity contribution is 0.784. The maximum absolute atomic E-state index is 4.41. The van der Waals surface area contributed by atoms with Gasteiger partial charge in [-0.25, -0.2) is 4.98 Å². The van der Waals surface area contributed by atoms with E-state index in [1.54, 1.807) is 0 Å². The molecular weight excluding hydrogens is 218 g/mol. The molecule has 1 aromatic carbocycles. The molecular formula is C10H11N7. The first-order valence-corrected chi connectivity index (χ1v) is 5.27. The fourth-order valence-corrected chi connectivity index (χ4v) is 1.64. The predicted molar refractivity (Wildman–Crippen MR) is 62.3 cm³/mol. The van der Waals surface area contributed by atoms with Crippen LogP contribution in [0.5, 0.6) is 0 Å². The summed E-state index contributed by atoms with van der Waals surface area (Å²) in [5, 5.41) is 17.0. The van der Waals surface area contributed by atoms with E-state index in [2.05, 4.69) is 35.9 Å². The average Bonchev–Trinajstić information content (AvgIpc) is 2.97. The van der Waals surface area contributed by atoms with Crippen LogP contribution in [0.1, 0.15) is 18.8 Å². The fraction of sp³-hybridized carbons (Fsp3) is 0.200. The van der Waals surface area contributed by atoms with Gasteiger partial charge in [-0.3, -0.25) is 0 Å². The van der Waals surface area contributed by atoms with Crippen molar-refractivity contribution >= 4 is 17.0 Å². The topological polar surface area (TPSA) is 95.2 Å². The van der Waals surface area contributed by atoms with Crippen LogP contribution in [0.25, 0.3) is 11.0 Å². The van der Waals surface area contributed by atoms with Crippen molar-refractivity contribution in [3.05, 3.63) is 30.1 Å². The number of aromatic amines is 2. The molecule has 0 spiro atoms. The number of imidazole rings is 1. The standard InChI is InChI=1S/C10H11N7/c1-6(9-14-16-17-15-9)11-10-12-7-4-2-3-5-8(7)13-10/h2-6H,1H3,(H2,11,12,13)(H,14,15,16,17). The number of H-pyrrole nitrogens is 2. The van der Waals surface area contributed by atoms with Gasteiger partial charge in [0.1, 0.15) is 0 Å². The van der Waals surface area contributed by atoms with Crippen molar-refractivity contribution in [2.24, 2.45) is 0 Å². The van der Waals surface area contributed by atoms with Crippen LogP contribution in [-0.4, -0.2) is 30.6 Å². The van der Waals surface area contributed by atoms with Crippen LogP contribution in [0.15, 0.2) is 24.3 Å². The second-order valence-corrected chi connectivity index (χ2v) is 3.74. The van der Waals surface area contributed by atoms with E-state index in [4.69, 9.17) is 0 Å². The van der Waals surface area contributed by atoms with Gasteiger partial charge in [0.15, 0.2) is 5.82 Å². The molecule has 2 heterocycles. The molecule has 0 aliphatic carbocycles. The predicted octanol–water partition coefficient (Wildman–Crippen LogP) is 1.25. The summed E-state index contributed by atoms with van der Waals surface area (Å²) in [6.07, 6.45) is 0. The Morgan fingerprint density at radius 1 is 1.29 bits per heavy atom. The Kier molecular flexibility index (Phi) is 2.21. The number of anilines is 1. The molecule has 0 aliphatic heterocycles. The molecule has 0 amide bonds. The molecule has 3 N–H and O–H groups in total. The minimum atomic E-state index is -0.0608. The third kappa shape index (κ3) is 1.82. The van der Waals surface area contributed by atoms with Gasteiger partial charge in [0.2, 0.25) is 5.95 Å². The van der Waals surface area contributed by atoms with E-state index in [0.717, 1.165) is 11.0 Å².